The third-order valence-electron chi connectivity index (χ3n) is 2.95. The van der Waals surface area contributed by atoms with Crippen LogP contribution in [0.5, 0.6) is 0 Å². The molecule has 1 unspecified atom stereocenters. The molecule has 0 aliphatic heterocycles. The molecule has 1 heterocycles. The molecule has 1 rings (SSSR count). The summed E-state index contributed by atoms with van der Waals surface area (Å²) in [5, 5.41) is 5.84. The number of aryl methyl sites for hydroxylation is 1. The molecule has 0 aliphatic rings. The minimum Gasteiger partial charge on any atom is -0.313 e. The van der Waals surface area contributed by atoms with Crippen LogP contribution in [-0.2, 0) is 6.42 Å². The summed E-state index contributed by atoms with van der Waals surface area (Å²) in [7, 11) is 0. The van der Waals surface area contributed by atoms with Crippen LogP contribution in [0.4, 0.5) is 0 Å². The molecular formula is C14H25NS. The largest absolute Gasteiger partial charge is 0.313 e. The standard InChI is InChI=1S/C14H25NS/c1-5-10-15-13(14(2,3)4)9-8-12-7-6-11-16-12/h6-7,11,13,15H,5,8-10H2,1-4H3. The van der Waals surface area contributed by atoms with Gasteiger partial charge in [0.05, 0.1) is 0 Å². The first-order chi connectivity index (χ1) is 7.54. The first kappa shape index (κ1) is 13.7. The van der Waals surface area contributed by atoms with E-state index in [0.29, 0.717) is 11.5 Å². The summed E-state index contributed by atoms with van der Waals surface area (Å²) >= 11 is 1.87. The highest BCUT2D eigenvalue weighted by Gasteiger charge is 2.23. The second kappa shape index (κ2) is 6.41. The molecule has 0 bridgehead atoms. The van der Waals surface area contributed by atoms with Gasteiger partial charge in [-0.1, -0.05) is 33.8 Å². The molecule has 0 saturated carbocycles. The van der Waals surface area contributed by atoms with Crippen molar-refractivity contribution in [2.24, 2.45) is 5.41 Å². The molecule has 92 valence electrons. The van der Waals surface area contributed by atoms with Crippen LogP contribution in [0, 0.1) is 5.41 Å². The second-order valence-electron chi connectivity index (χ2n) is 5.49. The first-order valence-corrected chi connectivity index (χ1v) is 7.17. The minimum absolute atomic E-state index is 0.354. The van der Waals surface area contributed by atoms with Crippen LogP contribution in [-0.4, -0.2) is 12.6 Å². The van der Waals surface area contributed by atoms with E-state index in [4.69, 9.17) is 0 Å². The van der Waals surface area contributed by atoms with Crippen LogP contribution in [0.15, 0.2) is 17.5 Å². The van der Waals surface area contributed by atoms with Crippen molar-refractivity contribution in [1.82, 2.24) is 5.32 Å². The first-order valence-electron chi connectivity index (χ1n) is 6.29. The lowest BCUT2D eigenvalue weighted by molar-refractivity contribution is 0.255. The van der Waals surface area contributed by atoms with Gasteiger partial charge in [-0.3, -0.25) is 0 Å². The number of hydrogen-bond acceptors (Lipinski definition) is 2. The van der Waals surface area contributed by atoms with Crippen molar-refractivity contribution < 1.29 is 0 Å². The van der Waals surface area contributed by atoms with Gasteiger partial charge in [-0.15, -0.1) is 11.3 Å². The summed E-state index contributed by atoms with van der Waals surface area (Å²) in [5.41, 5.74) is 0.354. The zero-order valence-electron chi connectivity index (χ0n) is 11.0. The maximum atomic E-state index is 3.68. The van der Waals surface area contributed by atoms with E-state index < -0.39 is 0 Å². The lowest BCUT2D eigenvalue weighted by Crippen LogP contribution is -2.41. The average molecular weight is 239 g/mol. The van der Waals surface area contributed by atoms with Gasteiger partial charge in [-0.05, 0) is 42.7 Å². The van der Waals surface area contributed by atoms with Crippen molar-refractivity contribution in [1.29, 1.82) is 0 Å². The topological polar surface area (TPSA) is 12.0 Å². The Morgan fingerprint density at radius 2 is 2.12 bits per heavy atom. The summed E-state index contributed by atoms with van der Waals surface area (Å²) in [6.07, 6.45) is 3.66. The number of rotatable bonds is 6. The van der Waals surface area contributed by atoms with Crippen molar-refractivity contribution in [2.75, 3.05) is 6.54 Å². The maximum Gasteiger partial charge on any atom is 0.0119 e. The van der Waals surface area contributed by atoms with E-state index in [-0.39, 0.29) is 0 Å². The quantitative estimate of drug-likeness (QED) is 0.788. The van der Waals surface area contributed by atoms with E-state index in [2.05, 4.69) is 50.5 Å². The van der Waals surface area contributed by atoms with Crippen molar-refractivity contribution in [3.05, 3.63) is 22.4 Å². The molecule has 0 fully saturated rings. The van der Waals surface area contributed by atoms with E-state index in [1.54, 1.807) is 0 Å². The van der Waals surface area contributed by atoms with Crippen LogP contribution >= 0.6 is 11.3 Å². The van der Waals surface area contributed by atoms with Crippen LogP contribution in [0.3, 0.4) is 0 Å². The van der Waals surface area contributed by atoms with Gasteiger partial charge in [0, 0.05) is 10.9 Å². The lowest BCUT2D eigenvalue weighted by atomic mass is 9.84. The predicted molar refractivity (Wildman–Crippen MR) is 74.2 cm³/mol. The summed E-state index contributed by atoms with van der Waals surface area (Å²) in [6, 6.07) is 5.00. The van der Waals surface area contributed by atoms with Gasteiger partial charge in [-0.25, -0.2) is 0 Å². The van der Waals surface area contributed by atoms with Gasteiger partial charge in [0.2, 0.25) is 0 Å². The monoisotopic (exact) mass is 239 g/mol. The highest BCUT2D eigenvalue weighted by molar-refractivity contribution is 7.09. The molecule has 1 nitrogen and oxygen atoms in total. The Bertz CT molecular complexity index is 271. The average Bonchev–Trinajstić information content (AvgIpc) is 2.68. The molecular weight excluding hydrogens is 214 g/mol. The third kappa shape index (κ3) is 4.67. The Balaban J connectivity index is 2.44. The molecule has 0 aromatic carbocycles. The fraction of sp³-hybridized carbons (Fsp3) is 0.714. The van der Waals surface area contributed by atoms with E-state index in [1.807, 2.05) is 11.3 Å². The lowest BCUT2D eigenvalue weighted by Gasteiger charge is -2.31. The van der Waals surface area contributed by atoms with E-state index >= 15 is 0 Å². The van der Waals surface area contributed by atoms with Crippen LogP contribution in [0.1, 0.15) is 45.4 Å². The molecule has 16 heavy (non-hydrogen) atoms. The Labute approximate surface area is 104 Å². The fourth-order valence-electron chi connectivity index (χ4n) is 1.90. The highest BCUT2D eigenvalue weighted by Crippen LogP contribution is 2.24. The normalized spacial score (nSPS) is 14.0. The van der Waals surface area contributed by atoms with Crippen molar-refractivity contribution in [3.63, 3.8) is 0 Å². The molecule has 1 aromatic rings. The van der Waals surface area contributed by atoms with Gasteiger partial charge in [0.1, 0.15) is 0 Å². The predicted octanol–water partition coefficient (Wildman–Crippen LogP) is 4.10. The summed E-state index contributed by atoms with van der Waals surface area (Å²) in [4.78, 5) is 1.51. The van der Waals surface area contributed by atoms with Crippen LogP contribution < -0.4 is 5.32 Å². The molecule has 0 spiro atoms. The van der Waals surface area contributed by atoms with Crippen LogP contribution in [0.2, 0.25) is 0 Å². The van der Waals surface area contributed by atoms with Gasteiger partial charge in [-0.2, -0.15) is 0 Å². The third-order valence-corrected chi connectivity index (χ3v) is 3.88. The van der Waals surface area contributed by atoms with Gasteiger partial charge in [0.15, 0.2) is 0 Å². The van der Waals surface area contributed by atoms with Crippen molar-refractivity contribution in [2.45, 2.75) is 53.0 Å². The number of hydrogen-bond donors (Lipinski definition) is 1. The van der Waals surface area contributed by atoms with Crippen molar-refractivity contribution in [3.8, 4) is 0 Å². The molecule has 0 amide bonds. The SMILES string of the molecule is CCCNC(CCc1cccs1)C(C)(C)C. The Morgan fingerprint density at radius 1 is 1.38 bits per heavy atom. The highest BCUT2D eigenvalue weighted by atomic mass is 32.1. The van der Waals surface area contributed by atoms with Crippen molar-refractivity contribution >= 4 is 11.3 Å². The van der Waals surface area contributed by atoms with E-state index in [9.17, 15) is 0 Å². The molecule has 2 heteroatoms. The van der Waals surface area contributed by atoms with Gasteiger partial charge >= 0.3 is 0 Å². The Morgan fingerprint density at radius 3 is 2.62 bits per heavy atom. The minimum atomic E-state index is 0.354. The van der Waals surface area contributed by atoms with E-state index in [1.165, 1.54) is 24.1 Å². The van der Waals surface area contributed by atoms with Crippen LogP contribution in [0.25, 0.3) is 0 Å². The van der Waals surface area contributed by atoms with E-state index in [0.717, 1.165) is 6.54 Å². The smallest absolute Gasteiger partial charge is 0.0119 e. The zero-order valence-corrected chi connectivity index (χ0v) is 11.9. The Kier molecular flexibility index (Phi) is 5.50. The molecule has 1 N–H and O–H groups in total. The number of nitrogens with one attached hydrogen (secondary N) is 1. The summed E-state index contributed by atoms with van der Waals surface area (Å²) in [5.74, 6) is 0. The molecule has 0 saturated heterocycles. The second-order valence-corrected chi connectivity index (χ2v) is 6.52. The number of thiophene rings is 1. The molecule has 1 aromatic heterocycles. The maximum absolute atomic E-state index is 3.68. The van der Waals surface area contributed by atoms with Gasteiger partial charge in [0.25, 0.3) is 0 Å². The summed E-state index contributed by atoms with van der Waals surface area (Å²) < 4.78 is 0. The summed E-state index contributed by atoms with van der Waals surface area (Å²) in [6.45, 7) is 10.3. The Hall–Kier alpha value is -0.340. The molecule has 1 atom stereocenters. The molecule has 0 radical (unpaired) electrons. The zero-order chi connectivity index (χ0) is 12.0. The molecule has 0 aliphatic carbocycles. The van der Waals surface area contributed by atoms with Gasteiger partial charge < -0.3 is 5.32 Å². The fourth-order valence-corrected chi connectivity index (χ4v) is 2.63.